The van der Waals surface area contributed by atoms with Crippen molar-refractivity contribution in [3.8, 4) is 0 Å². The Bertz CT molecular complexity index is 349. The molecule has 2 rings (SSSR count). The fourth-order valence-corrected chi connectivity index (χ4v) is 1.68. The van der Waals surface area contributed by atoms with Gasteiger partial charge in [0.25, 0.3) is 0 Å². The summed E-state index contributed by atoms with van der Waals surface area (Å²) >= 11 is 0. The molecule has 0 heterocycles. The highest BCUT2D eigenvalue weighted by Crippen LogP contribution is 2.22. The van der Waals surface area contributed by atoms with Crippen molar-refractivity contribution in [2.75, 3.05) is 0 Å². The summed E-state index contributed by atoms with van der Waals surface area (Å²) in [4.78, 5) is 0. The summed E-state index contributed by atoms with van der Waals surface area (Å²) in [5, 5.41) is 0. The summed E-state index contributed by atoms with van der Waals surface area (Å²) < 4.78 is 0. The van der Waals surface area contributed by atoms with Crippen LogP contribution >= 0.6 is 0 Å². The fourth-order valence-electron chi connectivity index (χ4n) is 1.68. The smallest absolute Gasteiger partial charge is 0.00610 e. The van der Waals surface area contributed by atoms with Crippen LogP contribution < -0.4 is 0 Å². The second-order valence-corrected chi connectivity index (χ2v) is 4.25. The Labute approximate surface area is 133 Å². The van der Waals surface area contributed by atoms with Gasteiger partial charge in [0.05, 0.1) is 0 Å². The highest BCUT2D eigenvalue weighted by molar-refractivity contribution is 5.31. The molecule has 0 amide bonds. The van der Waals surface area contributed by atoms with Gasteiger partial charge in [-0.25, -0.2) is 0 Å². The van der Waals surface area contributed by atoms with Gasteiger partial charge in [0, 0.05) is 5.92 Å². The summed E-state index contributed by atoms with van der Waals surface area (Å²) in [6.45, 7) is 14.5. The van der Waals surface area contributed by atoms with E-state index in [-0.39, 0.29) is 0 Å². The largest absolute Gasteiger partial charge is 0.0683 e. The standard InChI is InChI=1S/C14H14.C3H8.2C2H6/c1-12(13-8-4-2-5-9-13)14-10-6-3-7-11-14;1-3-2;2*1-2/h2-12H,1H3;3H2,1-2H3;2*1-2H3. The van der Waals surface area contributed by atoms with Gasteiger partial charge in [0.1, 0.15) is 0 Å². The van der Waals surface area contributed by atoms with Crippen molar-refractivity contribution < 1.29 is 0 Å². The fraction of sp³-hybridized carbons (Fsp3) is 0.429. The van der Waals surface area contributed by atoms with Crippen molar-refractivity contribution in [3.05, 3.63) is 71.8 Å². The van der Waals surface area contributed by atoms with Crippen molar-refractivity contribution in [3.63, 3.8) is 0 Å². The van der Waals surface area contributed by atoms with Crippen LogP contribution in [0.5, 0.6) is 0 Å². The lowest BCUT2D eigenvalue weighted by atomic mass is 9.93. The molecule has 0 aromatic heterocycles. The first kappa shape index (κ1) is 21.7. The predicted octanol–water partition coefficient (Wildman–Crippen LogP) is 7.31. The average Bonchev–Trinajstić information content (AvgIpc) is 2.60. The van der Waals surface area contributed by atoms with Crippen molar-refractivity contribution >= 4 is 0 Å². The molecule has 2 aromatic rings. The van der Waals surface area contributed by atoms with Crippen molar-refractivity contribution in [2.45, 2.75) is 60.8 Å². The quantitative estimate of drug-likeness (QED) is 0.543. The van der Waals surface area contributed by atoms with E-state index in [4.69, 9.17) is 0 Å². The van der Waals surface area contributed by atoms with Crippen LogP contribution in [0.2, 0.25) is 0 Å². The molecule has 0 fully saturated rings. The minimum atomic E-state index is 0.484. The molecular weight excluding hydrogens is 252 g/mol. The topological polar surface area (TPSA) is 0 Å². The maximum atomic E-state index is 2.24. The van der Waals surface area contributed by atoms with E-state index in [1.54, 1.807) is 0 Å². The van der Waals surface area contributed by atoms with Crippen LogP contribution in [0.4, 0.5) is 0 Å². The monoisotopic (exact) mass is 286 g/mol. The lowest BCUT2D eigenvalue weighted by molar-refractivity contribution is 0.922. The SMILES string of the molecule is CC.CC.CC(c1ccccc1)c1ccccc1.CCC. The van der Waals surface area contributed by atoms with Crippen LogP contribution in [0.15, 0.2) is 60.7 Å². The maximum absolute atomic E-state index is 2.24. The third-order valence-electron chi connectivity index (χ3n) is 2.60. The van der Waals surface area contributed by atoms with Gasteiger partial charge in [0.15, 0.2) is 0 Å². The Morgan fingerprint density at radius 1 is 0.619 bits per heavy atom. The van der Waals surface area contributed by atoms with Gasteiger partial charge < -0.3 is 0 Å². The molecule has 0 aliphatic carbocycles. The summed E-state index contributed by atoms with van der Waals surface area (Å²) in [5.41, 5.74) is 2.75. The molecule has 2 aromatic carbocycles. The van der Waals surface area contributed by atoms with E-state index in [2.05, 4.69) is 81.4 Å². The summed E-state index contributed by atoms with van der Waals surface area (Å²) in [5.74, 6) is 0.484. The van der Waals surface area contributed by atoms with Gasteiger partial charge in [-0.3, -0.25) is 0 Å². The van der Waals surface area contributed by atoms with Crippen molar-refractivity contribution in [1.29, 1.82) is 0 Å². The molecule has 0 spiro atoms. The number of hydrogen-bond acceptors (Lipinski definition) is 0. The Kier molecular flexibility index (Phi) is 17.1. The summed E-state index contributed by atoms with van der Waals surface area (Å²) in [6.07, 6.45) is 1.25. The van der Waals surface area contributed by atoms with Crippen LogP contribution in [-0.4, -0.2) is 0 Å². The van der Waals surface area contributed by atoms with Crippen LogP contribution in [0, 0.1) is 0 Å². The van der Waals surface area contributed by atoms with Gasteiger partial charge in [-0.1, -0.05) is 116 Å². The zero-order chi connectivity index (χ0) is 16.5. The van der Waals surface area contributed by atoms with E-state index in [9.17, 15) is 0 Å². The van der Waals surface area contributed by atoms with E-state index in [1.165, 1.54) is 17.5 Å². The first-order valence-corrected chi connectivity index (χ1v) is 8.39. The van der Waals surface area contributed by atoms with Crippen molar-refractivity contribution in [1.82, 2.24) is 0 Å². The third-order valence-corrected chi connectivity index (χ3v) is 2.60. The van der Waals surface area contributed by atoms with E-state index < -0.39 is 0 Å². The summed E-state index contributed by atoms with van der Waals surface area (Å²) in [7, 11) is 0. The van der Waals surface area contributed by atoms with Gasteiger partial charge in [-0.2, -0.15) is 0 Å². The molecule has 0 aliphatic heterocycles. The van der Waals surface area contributed by atoms with E-state index in [0.29, 0.717) is 5.92 Å². The second-order valence-electron chi connectivity index (χ2n) is 4.25. The minimum Gasteiger partial charge on any atom is -0.0683 e. The van der Waals surface area contributed by atoms with Gasteiger partial charge in [0.2, 0.25) is 0 Å². The highest BCUT2D eigenvalue weighted by atomic mass is 14.1. The van der Waals surface area contributed by atoms with E-state index >= 15 is 0 Å². The Morgan fingerprint density at radius 3 is 1.10 bits per heavy atom. The lowest BCUT2D eigenvalue weighted by Crippen LogP contribution is -1.94. The molecule has 0 unspecified atom stereocenters. The molecular formula is C21H34. The molecule has 0 N–H and O–H groups in total. The predicted molar refractivity (Wildman–Crippen MR) is 99.1 cm³/mol. The number of hydrogen-bond donors (Lipinski definition) is 0. The minimum absolute atomic E-state index is 0.484. The molecule has 0 saturated heterocycles. The molecule has 0 atom stereocenters. The van der Waals surface area contributed by atoms with E-state index in [1.807, 2.05) is 27.7 Å². The first-order valence-electron chi connectivity index (χ1n) is 8.39. The Morgan fingerprint density at radius 2 is 0.857 bits per heavy atom. The molecule has 21 heavy (non-hydrogen) atoms. The molecule has 0 nitrogen and oxygen atoms in total. The summed E-state index contributed by atoms with van der Waals surface area (Å²) in [6, 6.07) is 21.2. The molecule has 0 saturated carbocycles. The van der Waals surface area contributed by atoms with Gasteiger partial charge >= 0.3 is 0 Å². The number of rotatable bonds is 2. The van der Waals surface area contributed by atoms with Crippen LogP contribution in [0.1, 0.15) is 71.9 Å². The average molecular weight is 287 g/mol. The normalized spacial score (nSPS) is 8.38. The zero-order valence-corrected chi connectivity index (χ0v) is 15.1. The van der Waals surface area contributed by atoms with Crippen LogP contribution in [-0.2, 0) is 0 Å². The van der Waals surface area contributed by atoms with E-state index in [0.717, 1.165) is 0 Å². The third kappa shape index (κ3) is 9.90. The van der Waals surface area contributed by atoms with Crippen molar-refractivity contribution in [2.24, 2.45) is 0 Å². The first-order chi connectivity index (χ1) is 10.3. The maximum Gasteiger partial charge on any atom is 0.00610 e. The molecule has 0 heteroatoms. The highest BCUT2D eigenvalue weighted by Gasteiger charge is 2.05. The molecule has 118 valence electrons. The van der Waals surface area contributed by atoms with Crippen LogP contribution in [0.25, 0.3) is 0 Å². The van der Waals surface area contributed by atoms with Gasteiger partial charge in [-0.15, -0.1) is 0 Å². The van der Waals surface area contributed by atoms with Crippen LogP contribution in [0.3, 0.4) is 0 Å². The Balaban J connectivity index is 0. The molecule has 0 aliphatic rings. The molecule has 0 bridgehead atoms. The zero-order valence-electron chi connectivity index (χ0n) is 15.1. The molecule has 0 radical (unpaired) electrons. The second kappa shape index (κ2) is 16.5. The lowest BCUT2D eigenvalue weighted by Gasteiger charge is -2.11. The Hall–Kier alpha value is -1.56. The van der Waals surface area contributed by atoms with Gasteiger partial charge in [-0.05, 0) is 11.1 Å². The number of benzene rings is 2.